The second-order valence-electron chi connectivity index (χ2n) is 6.50. The van der Waals surface area contributed by atoms with Crippen LogP contribution in [0.4, 0.5) is 0 Å². The maximum atomic E-state index is 12.5. The van der Waals surface area contributed by atoms with Crippen LogP contribution in [0, 0.1) is 5.92 Å². The molecule has 3 saturated heterocycles. The van der Waals surface area contributed by atoms with Gasteiger partial charge in [0.2, 0.25) is 11.8 Å². The van der Waals surface area contributed by atoms with E-state index < -0.39 is 0 Å². The summed E-state index contributed by atoms with van der Waals surface area (Å²) in [6, 6.07) is 0.608. The van der Waals surface area contributed by atoms with Crippen LogP contribution in [0.15, 0.2) is 0 Å². The topological polar surface area (TPSA) is 52.7 Å². The molecule has 0 aromatic heterocycles. The first-order chi connectivity index (χ1) is 9.65. The van der Waals surface area contributed by atoms with Gasteiger partial charge in [-0.2, -0.15) is 0 Å². The van der Waals surface area contributed by atoms with Crippen LogP contribution in [0.3, 0.4) is 0 Å². The fourth-order valence-corrected chi connectivity index (χ4v) is 3.80. The first-order valence-corrected chi connectivity index (χ1v) is 7.96. The van der Waals surface area contributed by atoms with Crippen LogP contribution in [-0.4, -0.2) is 59.9 Å². The van der Waals surface area contributed by atoms with E-state index in [2.05, 4.69) is 12.2 Å². The van der Waals surface area contributed by atoms with Crippen LogP contribution >= 0.6 is 0 Å². The number of carbonyl (C=O) groups excluding carboxylic acids is 2. The van der Waals surface area contributed by atoms with Crippen LogP contribution in [0.2, 0.25) is 0 Å². The lowest BCUT2D eigenvalue weighted by Crippen LogP contribution is -2.54. The van der Waals surface area contributed by atoms with Gasteiger partial charge in [0, 0.05) is 44.6 Å². The molecule has 3 fully saturated rings. The highest BCUT2D eigenvalue weighted by atomic mass is 16.2. The Bertz CT molecular complexity index is 399. The number of fused-ring (bicyclic) bond motifs is 1. The van der Waals surface area contributed by atoms with Gasteiger partial charge in [-0.25, -0.2) is 0 Å². The first kappa shape index (κ1) is 13.9. The van der Waals surface area contributed by atoms with E-state index in [0.29, 0.717) is 31.3 Å². The third-order valence-electron chi connectivity index (χ3n) is 5.17. The van der Waals surface area contributed by atoms with Gasteiger partial charge in [0.25, 0.3) is 0 Å². The largest absolute Gasteiger partial charge is 0.339 e. The van der Waals surface area contributed by atoms with Crippen LogP contribution < -0.4 is 5.32 Å². The van der Waals surface area contributed by atoms with Gasteiger partial charge in [0.15, 0.2) is 0 Å². The zero-order valence-corrected chi connectivity index (χ0v) is 12.3. The molecule has 2 amide bonds. The van der Waals surface area contributed by atoms with E-state index in [0.717, 1.165) is 26.1 Å². The minimum Gasteiger partial charge on any atom is -0.339 e. The monoisotopic (exact) mass is 279 g/mol. The Balaban J connectivity index is 1.54. The van der Waals surface area contributed by atoms with Crippen molar-refractivity contribution in [2.45, 2.75) is 51.1 Å². The lowest BCUT2D eigenvalue weighted by atomic mass is 9.90. The highest BCUT2D eigenvalue weighted by molar-refractivity contribution is 5.80. The lowest BCUT2D eigenvalue weighted by Gasteiger charge is -2.39. The summed E-state index contributed by atoms with van der Waals surface area (Å²) in [5.41, 5.74) is 0. The van der Waals surface area contributed by atoms with Gasteiger partial charge in [0.1, 0.15) is 0 Å². The van der Waals surface area contributed by atoms with Crippen LogP contribution in [0.5, 0.6) is 0 Å². The highest BCUT2D eigenvalue weighted by Gasteiger charge is 2.37. The Hall–Kier alpha value is -1.10. The second-order valence-corrected chi connectivity index (χ2v) is 6.50. The van der Waals surface area contributed by atoms with E-state index in [1.807, 2.05) is 9.80 Å². The Kier molecular flexibility index (Phi) is 3.96. The molecule has 3 unspecified atom stereocenters. The van der Waals surface area contributed by atoms with Gasteiger partial charge in [0.05, 0.1) is 0 Å². The van der Waals surface area contributed by atoms with Gasteiger partial charge >= 0.3 is 0 Å². The maximum Gasteiger partial charge on any atom is 0.224 e. The molecule has 5 heteroatoms. The molecule has 0 bridgehead atoms. The Labute approximate surface area is 120 Å². The van der Waals surface area contributed by atoms with Gasteiger partial charge in [-0.15, -0.1) is 0 Å². The number of carbonyl (C=O) groups is 2. The predicted molar refractivity (Wildman–Crippen MR) is 76.1 cm³/mol. The summed E-state index contributed by atoms with van der Waals surface area (Å²) in [7, 11) is 0. The van der Waals surface area contributed by atoms with E-state index in [4.69, 9.17) is 0 Å². The van der Waals surface area contributed by atoms with Gasteiger partial charge in [-0.1, -0.05) is 6.92 Å². The second kappa shape index (κ2) is 5.72. The van der Waals surface area contributed by atoms with Gasteiger partial charge in [-0.3, -0.25) is 9.59 Å². The molecule has 20 heavy (non-hydrogen) atoms. The molecule has 3 heterocycles. The quantitative estimate of drug-likeness (QED) is 0.805. The van der Waals surface area contributed by atoms with Crippen molar-refractivity contribution in [1.29, 1.82) is 0 Å². The van der Waals surface area contributed by atoms with E-state index in [9.17, 15) is 9.59 Å². The zero-order chi connectivity index (χ0) is 14.1. The Morgan fingerprint density at radius 2 is 2.20 bits per heavy atom. The van der Waals surface area contributed by atoms with Crippen molar-refractivity contribution in [3.8, 4) is 0 Å². The summed E-state index contributed by atoms with van der Waals surface area (Å²) in [4.78, 5) is 28.1. The number of nitrogens with one attached hydrogen (secondary N) is 1. The molecule has 0 spiro atoms. The van der Waals surface area contributed by atoms with Crippen LogP contribution in [-0.2, 0) is 9.59 Å². The molecule has 5 nitrogen and oxygen atoms in total. The normalized spacial score (nSPS) is 34.2. The number of rotatable bonds is 2. The maximum absolute atomic E-state index is 12.5. The minimum absolute atomic E-state index is 0.259. The third kappa shape index (κ3) is 2.68. The fraction of sp³-hybridized carbons (Fsp3) is 0.867. The van der Waals surface area contributed by atoms with Gasteiger partial charge in [-0.05, 0) is 31.7 Å². The number of amides is 2. The summed E-state index contributed by atoms with van der Waals surface area (Å²) < 4.78 is 0. The molecular weight excluding hydrogens is 254 g/mol. The van der Waals surface area contributed by atoms with Crippen molar-refractivity contribution < 1.29 is 9.59 Å². The van der Waals surface area contributed by atoms with Crippen molar-refractivity contribution in [2.24, 2.45) is 5.92 Å². The summed E-state index contributed by atoms with van der Waals surface area (Å²) in [5.74, 6) is 1.11. The molecule has 0 radical (unpaired) electrons. The zero-order valence-electron chi connectivity index (χ0n) is 12.3. The summed E-state index contributed by atoms with van der Waals surface area (Å²) in [6.07, 6.45) is 4.63. The average molecular weight is 279 g/mol. The van der Waals surface area contributed by atoms with Crippen molar-refractivity contribution in [3.05, 3.63) is 0 Å². The number of hydrogen-bond acceptors (Lipinski definition) is 3. The molecular formula is C15H25N3O2. The van der Waals surface area contributed by atoms with Crippen LogP contribution in [0.25, 0.3) is 0 Å². The molecule has 3 atom stereocenters. The van der Waals surface area contributed by atoms with Crippen molar-refractivity contribution >= 4 is 11.8 Å². The molecule has 112 valence electrons. The van der Waals surface area contributed by atoms with E-state index >= 15 is 0 Å². The molecule has 3 aliphatic heterocycles. The summed E-state index contributed by atoms with van der Waals surface area (Å²) in [6.45, 7) is 5.45. The predicted octanol–water partition coefficient (Wildman–Crippen LogP) is 0.598. The third-order valence-corrected chi connectivity index (χ3v) is 5.17. The number of nitrogens with zero attached hydrogens (tertiary/aromatic N) is 2. The number of piperidine rings is 1. The molecule has 0 aromatic carbocycles. The van der Waals surface area contributed by atoms with Crippen molar-refractivity contribution in [3.63, 3.8) is 0 Å². The highest BCUT2D eigenvalue weighted by Crippen LogP contribution is 2.24. The molecule has 1 N–H and O–H groups in total. The van der Waals surface area contributed by atoms with Gasteiger partial charge < -0.3 is 15.1 Å². The number of piperazine rings is 1. The molecule has 0 aliphatic carbocycles. The lowest BCUT2D eigenvalue weighted by molar-refractivity contribution is -0.139. The summed E-state index contributed by atoms with van der Waals surface area (Å²) >= 11 is 0. The first-order valence-electron chi connectivity index (χ1n) is 7.96. The molecule has 0 saturated carbocycles. The van der Waals surface area contributed by atoms with Crippen molar-refractivity contribution in [1.82, 2.24) is 15.1 Å². The SMILES string of the molecule is CC1CCCNC1CC(=O)N1CCN2C(=O)CCC2C1. The molecule has 3 aliphatic rings. The van der Waals surface area contributed by atoms with Crippen LogP contribution in [0.1, 0.15) is 39.0 Å². The number of hydrogen-bond donors (Lipinski definition) is 1. The Morgan fingerprint density at radius 3 is 3.00 bits per heavy atom. The van der Waals surface area contributed by atoms with Crippen molar-refractivity contribution in [2.75, 3.05) is 26.2 Å². The average Bonchev–Trinajstić information content (AvgIpc) is 2.82. The van der Waals surface area contributed by atoms with E-state index in [1.54, 1.807) is 0 Å². The standard InChI is InChI=1S/C15H25N3O2/c1-11-3-2-6-16-13(11)9-15(20)17-7-8-18-12(10-17)4-5-14(18)19/h11-13,16H,2-10H2,1H3. The Morgan fingerprint density at radius 1 is 1.35 bits per heavy atom. The van der Waals surface area contributed by atoms with E-state index in [-0.39, 0.29) is 17.9 Å². The smallest absolute Gasteiger partial charge is 0.224 e. The minimum atomic E-state index is 0.259. The van der Waals surface area contributed by atoms with E-state index in [1.165, 1.54) is 12.8 Å². The fourth-order valence-electron chi connectivity index (χ4n) is 3.80. The summed E-state index contributed by atoms with van der Waals surface area (Å²) in [5, 5.41) is 3.48. The molecule has 0 aromatic rings. The molecule has 3 rings (SSSR count).